The predicted octanol–water partition coefficient (Wildman–Crippen LogP) is 2.82. The quantitative estimate of drug-likeness (QED) is 0.867. The van der Waals surface area contributed by atoms with Crippen LogP contribution in [-0.2, 0) is 0 Å². The van der Waals surface area contributed by atoms with Crippen LogP contribution in [0.4, 0.5) is 0 Å². The van der Waals surface area contributed by atoms with Gasteiger partial charge in [-0.15, -0.1) is 24.8 Å². The summed E-state index contributed by atoms with van der Waals surface area (Å²) in [7, 11) is 0. The molecule has 0 saturated carbocycles. The zero-order valence-electron chi connectivity index (χ0n) is 12.7. The minimum Gasteiger partial charge on any atom is -0.332 e. The van der Waals surface area contributed by atoms with Crippen LogP contribution in [0.1, 0.15) is 23.0 Å². The number of nitrogens with one attached hydrogen (secondary N) is 1. The number of halogens is 2. The fourth-order valence-electron chi connectivity index (χ4n) is 2.75. The highest BCUT2D eigenvalue weighted by atomic mass is 35.5. The van der Waals surface area contributed by atoms with Gasteiger partial charge in [-0.1, -0.05) is 18.2 Å². The van der Waals surface area contributed by atoms with E-state index in [-0.39, 0.29) is 36.8 Å². The molecule has 3 rings (SSSR count). The van der Waals surface area contributed by atoms with Gasteiger partial charge in [-0.3, -0.25) is 4.79 Å². The first-order valence-electron chi connectivity index (χ1n) is 7.05. The van der Waals surface area contributed by atoms with Gasteiger partial charge in [0.2, 0.25) is 0 Å². The number of para-hydroxylation sites is 1. The van der Waals surface area contributed by atoms with Gasteiger partial charge in [0, 0.05) is 31.1 Å². The Balaban J connectivity index is 0.00000121. The topological polar surface area (TPSA) is 45.2 Å². The van der Waals surface area contributed by atoms with E-state index in [2.05, 4.69) is 17.2 Å². The van der Waals surface area contributed by atoms with Crippen LogP contribution in [0.3, 0.4) is 0 Å². The van der Waals surface area contributed by atoms with Crippen molar-refractivity contribution in [2.45, 2.75) is 19.9 Å². The average Bonchev–Trinajstić information content (AvgIpc) is 2.47. The molecular weight excluding hydrogens is 321 g/mol. The second kappa shape index (κ2) is 7.77. The molecule has 1 N–H and O–H groups in total. The lowest BCUT2D eigenvalue weighted by Crippen LogP contribution is -2.52. The highest BCUT2D eigenvalue weighted by Crippen LogP contribution is 2.19. The number of amides is 1. The number of pyridine rings is 1. The number of hydrogen-bond donors (Lipinski definition) is 1. The summed E-state index contributed by atoms with van der Waals surface area (Å²) in [6.07, 6.45) is 0. The first kappa shape index (κ1) is 18.7. The van der Waals surface area contributed by atoms with E-state index in [1.807, 2.05) is 42.2 Å². The van der Waals surface area contributed by atoms with E-state index in [0.29, 0.717) is 5.69 Å². The van der Waals surface area contributed by atoms with Crippen molar-refractivity contribution in [1.29, 1.82) is 0 Å². The Morgan fingerprint density at radius 1 is 1.32 bits per heavy atom. The van der Waals surface area contributed by atoms with Crippen molar-refractivity contribution < 1.29 is 4.79 Å². The van der Waals surface area contributed by atoms with E-state index in [0.717, 1.165) is 36.1 Å². The van der Waals surface area contributed by atoms with E-state index >= 15 is 0 Å². The van der Waals surface area contributed by atoms with Crippen molar-refractivity contribution in [3.8, 4) is 0 Å². The molecule has 0 spiro atoms. The maximum absolute atomic E-state index is 12.6. The van der Waals surface area contributed by atoms with Crippen LogP contribution >= 0.6 is 24.8 Å². The maximum Gasteiger partial charge on any atom is 0.272 e. The number of benzene rings is 1. The highest BCUT2D eigenvalue weighted by Gasteiger charge is 2.25. The molecule has 1 fully saturated rings. The monoisotopic (exact) mass is 341 g/mol. The van der Waals surface area contributed by atoms with Crippen molar-refractivity contribution >= 4 is 41.6 Å². The van der Waals surface area contributed by atoms with Gasteiger partial charge >= 0.3 is 0 Å². The summed E-state index contributed by atoms with van der Waals surface area (Å²) in [5, 5.41) is 4.41. The molecule has 1 aliphatic heterocycles. The smallest absolute Gasteiger partial charge is 0.272 e. The first-order valence-corrected chi connectivity index (χ1v) is 7.05. The molecule has 0 aliphatic carbocycles. The Morgan fingerprint density at radius 3 is 2.77 bits per heavy atom. The molecule has 120 valence electrons. The second-order valence-corrected chi connectivity index (χ2v) is 5.39. The maximum atomic E-state index is 12.6. The number of aromatic nitrogens is 1. The largest absolute Gasteiger partial charge is 0.332 e. The zero-order chi connectivity index (χ0) is 14.1. The summed E-state index contributed by atoms with van der Waals surface area (Å²) in [4.78, 5) is 19.1. The normalized spacial score (nSPS) is 17.5. The number of rotatable bonds is 1. The summed E-state index contributed by atoms with van der Waals surface area (Å²) < 4.78 is 0. The number of aryl methyl sites for hydroxylation is 1. The van der Waals surface area contributed by atoms with E-state index in [9.17, 15) is 4.79 Å². The molecule has 1 saturated heterocycles. The molecule has 1 amide bonds. The molecule has 2 heterocycles. The van der Waals surface area contributed by atoms with Gasteiger partial charge in [0.25, 0.3) is 5.91 Å². The molecule has 1 atom stereocenters. The van der Waals surface area contributed by atoms with Gasteiger partial charge in [0.05, 0.1) is 5.52 Å². The SMILES string of the molecule is Cc1cc(C(=O)N2CCNC[C@H]2C)nc2ccccc12.Cl.Cl. The molecule has 0 radical (unpaired) electrons. The van der Waals surface area contributed by atoms with Gasteiger partial charge in [-0.05, 0) is 31.5 Å². The van der Waals surface area contributed by atoms with Crippen molar-refractivity contribution in [3.63, 3.8) is 0 Å². The van der Waals surface area contributed by atoms with Crippen LogP contribution in [0.2, 0.25) is 0 Å². The fourth-order valence-corrected chi connectivity index (χ4v) is 2.75. The summed E-state index contributed by atoms with van der Waals surface area (Å²) >= 11 is 0. The first-order chi connectivity index (χ1) is 9.66. The lowest BCUT2D eigenvalue weighted by molar-refractivity contribution is 0.0650. The Bertz CT molecular complexity index is 663. The third kappa shape index (κ3) is 3.51. The number of piperazine rings is 1. The number of carbonyl (C=O) groups is 1. The molecule has 0 unspecified atom stereocenters. The van der Waals surface area contributed by atoms with Crippen LogP contribution in [0, 0.1) is 6.92 Å². The molecule has 2 aromatic rings. The number of hydrogen-bond acceptors (Lipinski definition) is 3. The van der Waals surface area contributed by atoms with Crippen molar-refractivity contribution in [2.75, 3.05) is 19.6 Å². The molecule has 6 heteroatoms. The molecule has 1 aromatic heterocycles. The van der Waals surface area contributed by atoms with Crippen LogP contribution < -0.4 is 5.32 Å². The van der Waals surface area contributed by atoms with Gasteiger partial charge < -0.3 is 10.2 Å². The molecule has 0 bridgehead atoms. The third-order valence-electron chi connectivity index (χ3n) is 3.90. The molecule has 1 aromatic carbocycles. The average molecular weight is 342 g/mol. The van der Waals surface area contributed by atoms with E-state index in [1.165, 1.54) is 0 Å². The lowest BCUT2D eigenvalue weighted by Gasteiger charge is -2.33. The molecular formula is C16H21Cl2N3O. The highest BCUT2D eigenvalue weighted by molar-refractivity contribution is 5.96. The summed E-state index contributed by atoms with van der Waals surface area (Å²) in [5.41, 5.74) is 2.54. The van der Waals surface area contributed by atoms with Crippen molar-refractivity contribution in [2.24, 2.45) is 0 Å². The standard InChI is InChI=1S/C16H19N3O.2ClH/c1-11-9-15(18-14-6-4-3-5-13(11)14)16(20)19-8-7-17-10-12(19)2;;/h3-6,9,12,17H,7-8,10H2,1-2H3;2*1H/t12-;;/m1../s1. The van der Waals surface area contributed by atoms with Gasteiger partial charge in [0.1, 0.15) is 5.69 Å². The number of fused-ring (bicyclic) bond motifs is 1. The Morgan fingerprint density at radius 2 is 2.05 bits per heavy atom. The summed E-state index contributed by atoms with van der Waals surface area (Å²) in [5.74, 6) is 0.0350. The zero-order valence-corrected chi connectivity index (χ0v) is 14.3. The predicted molar refractivity (Wildman–Crippen MR) is 94.3 cm³/mol. The Labute approximate surface area is 143 Å². The lowest BCUT2D eigenvalue weighted by atomic mass is 10.1. The summed E-state index contributed by atoms with van der Waals surface area (Å²) in [6, 6.07) is 10.1. The number of carbonyl (C=O) groups excluding carboxylic acids is 1. The molecule has 1 aliphatic rings. The van der Waals surface area contributed by atoms with Gasteiger partial charge in [-0.25, -0.2) is 4.98 Å². The molecule has 4 nitrogen and oxygen atoms in total. The van der Waals surface area contributed by atoms with E-state index in [4.69, 9.17) is 0 Å². The van der Waals surface area contributed by atoms with E-state index < -0.39 is 0 Å². The fraction of sp³-hybridized carbons (Fsp3) is 0.375. The van der Waals surface area contributed by atoms with Crippen molar-refractivity contribution in [1.82, 2.24) is 15.2 Å². The van der Waals surface area contributed by atoms with Crippen LogP contribution in [-0.4, -0.2) is 41.5 Å². The summed E-state index contributed by atoms with van der Waals surface area (Å²) in [6.45, 7) is 6.54. The third-order valence-corrected chi connectivity index (χ3v) is 3.90. The van der Waals surface area contributed by atoms with Gasteiger partial charge in [-0.2, -0.15) is 0 Å². The Kier molecular flexibility index (Phi) is 6.60. The second-order valence-electron chi connectivity index (χ2n) is 5.39. The minimum atomic E-state index is 0. The van der Waals surface area contributed by atoms with Crippen LogP contribution in [0.5, 0.6) is 0 Å². The van der Waals surface area contributed by atoms with E-state index in [1.54, 1.807) is 0 Å². The van der Waals surface area contributed by atoms with Gasteiger partial charge in [0.15, 0.2) is 0 Å². The Hall–Kier alpha value is -1.36. The van der Waals surface area contributed by atoms with Crippen molar-refractivity contribution in [3.05, 3.63) is 41.6 Å². The number of nitrogens with zero attached hydrogens (tertiary/aromatic N) is 2. The van der Waals surface area contributed by atoms with Crippen LogP contribution in [0.15, 0.2) is 30.3 Å². The minimum absolute atomic E-state index is 0. The molecule has 22 heavy (non-hydrogen) atoms. The van der Waals surface area contributed by atoms with Crippen LogP contribution in [0.25, 0.3) is 10.9 Å².